The molecule has 13 heteroatoms. The molecule has 0 fully saturated rings. The minimum atomic E-state index is -3.89. The van der Waals surface area contributed by atoms with Crippen molar-refractivity contribution in [2.24, 2.45) is 0 Å². The third-order valence-corrected chi connectivity index (χ3v) is 6.11. The second-order valence-corrected chi connectivity index (χ2v) is 8.95. The van der Waals surface area contributed by atoms with Gasteiger partial charge in [0.2, 0.25) is 15.9 Å². The Balaban J connectivity index is 1.94. The molecular formula is C21H28N4O8S. The number of ether oxygens (including phenoxy) is 2. The van der Waals surface area contributed by atoms with Gasteiger partial charge in [0.25, 0.3) is 0 Å². The van der Waals surface area contributed by atoms with E-state index in [9.17, 15) is 27.6 Å². The van der Waals surface area contributed by atoms with Crippen molar-refractivity contribution >= 4 is 39.6 Å². The average Bonchev–Trinajstić information content (AvgIpc) is 2.77. The van der Waals surface area contributed by atoms with Crippen molar-refractivity contribution in [1.82, 2.24) is 15.4 Å². The van der Waals surface area contributed by atoms with E-state index in [1.807, 2.05) is 0 Å². The van der Waals surface area contributed by atoms with Crippen LogP contribution in [0.4, 0.5) is 10.5 Å². The average molecular weight is 497 g/mol. The van der Waals surface area contributed by atoms with Crippen LogP contribution in [0.25, 0.3) is 0 Å². The first-order valence-corrected chi connectivity index (χ1v) is 12.1. The van der Waals surface area contributed by atoms with E-state index < -0.39 is 34.0 Å². The lowest BCUT2D eigenvalue weighted by molar-refractivity contribution is -0.143. The zero-order chi connectivity index (χ0) is 25.3. The number of hydrogen-bond donors (Lipinski definition) is 4. The molecule has 1 atom stereocenters. The normalized spacial score (nSPS) is 15.7. The van der Waals surface area contributed by atoms with Gasteiger partial charge >= 0.3 is 18.0 Å². The molecule has 34 heavy (non-hydrogen) atoms. The molecule has 12 nitrogen and oxygen atoms in total. The minimum Gasteiger partial charge on any atom is -0.463 e. The number of amides is 3. The van der Waals surface area contributed by atoms with Gasteiger partial charge in [0.1, 0.15) is 6.61 Å². The van der Waals surface area contributed by atoms with Gasteiger partial charge < -0.3 is 25.4 Å². The van der Waals surface area contributed by atoms with Crippen LogP contribution in [0.1, 0.15) is 33.6 Å². The highest BCUT2D eigenvalue weighted by molar-refractivity contribution is 7.89. The maximum Gasteiger partial charge on any atom is 0.338 e. The molecule has 1 aliphatic heterocycles. The fourth-order valence-electron chi connectivity index (χ4n) is 3.09. The summed E-state index contributed by atoms with van der Waals surface area (Å²) in [5.74, 6) is -1.66. The van der Waals surface area contributed by atoms with E-state index in [1.165, 1.54) is 31.2 Å². The fraction of sp³-hybridized carbons (Fsp3) is 0.429. The number of urea groups is 1. The monoisotopic (exact) mass is 496 g/mol. The summed E-state index contributed by atoms with van der Waals surface area (Å²) in [5, 5.41) is 7.59. The Morgan fingerprint density at radius 1 is 1.09 bits per heavy atom. The Hall–Kier alpha value is -3.45. The summed E-state index contributed by atoms with van der Waals surface area (Å²) in [6.45, 7) is 4.28. The van der Waals surface area contributed by atoms with Gasteiger partial charge in [-0.15, -0.1) is 0 Å². The topological polar surface area (TPSA) is 169 Å². The molecule has 1 aromatic rings. The number of esters is 2. The van der Waals surface area contributed by atoms with Gasteiger partial charge in [0, 0.05) is 19.2 Å². The lowest BCUT2D eigenvalue weighted by Gasteiger charge is -2.28. The summed E-state index contributed by atoms with van der Waals surface area (Å²) in [4.78, 5) is 47.3. The largest absolute Gasteiger partial charge is 0.463 e. The maximum atomic E-state index is 12.4. The van der Waals surface area contributed by atoms with Gasteiger partial charge in [0.05, 0.1) is 35.2 Å². The van der Waals surface area contributed by atoms with Gasteiger partial charge in [-0.2, -0.15) is 0 Å². The van der Waals surface area contributed by atoms with Crippen LogP contribution >= 0.6 is 0 Å². The van der Waals surface area contributed by atoms with Gasteiger partial charge in [-0.3, -0.25) is 9.59 Å². The summed E-state index contributed by atoms with van der Waals surface area (Å²) >= 11 is 0. The smallest absolute Gasteiger partial charge is 0.338 e. The van der Waals surface area contributed by atoms with E-state index in [2.05, 4.69) is 20.7 Å². The molecule has 1 aliphatic rings. The number of benzene rings is 1. The van der Waals surface area contributed by atoms with Gasteiger partial charge in [-0.05, 0) is 37.6 Å². The van der Waals surface area contributed by atoms with Crippen molar-refractivity contribution in [2.45, 2.75) is 44.6 Å². The van der Waals surface area contributed by atoms with Crippen LogP contribution in [0.5, 0.6) is 0 Å². The van der Waals surface area contributed by atoms with E-state index in [0.717, 1.165) is 0 Å². The number of carbonyl (C=O) groups excluding carboxylic acids is 4. The number of rotatable bonds is 11. The Morgan fingerprint density at radius 3 is 2.35 bits per heavy atom. The Morgan fingerprint density at radius 2 is 1.76 bits per heavy atom. The van der Waals surface area contributed by atoms with Crippen molar-refractivity contribution in [3.05, 3.63) is 35.5 Å². The van der Waals surface area contributed by atoms with Crippen LogP contribution in [0.15, 0.2) is 40.4 Å². The van der Waals surface area contributed by atoms with E-state index in [-0.39, 0.29) is 48.3 Å². The molecular weight excluding hydrogens is 468 g/mol. The van der Waals surface area contributed by atoms with E-state index in [0.29, 0.717) is 12.1 Å². The molecule has 0 spiro atoms. The van der Waals surface area contributed by atoms with E-state index in [4.69, 9.17) is 9.47 Å². The summed E-state index contributed by atoms with van der Waals surface area (Å²) in [7, 11) is -3.89. The van der Waals surface area contributed by atoms with Crippen LogP contribution in [-0.2, 0) is 33.9 Å². The van der Waals surface area contributed by atoms with Gasteiger partial charge in [-0.25, -0.2) is 22.7 Å². The minimum absolute atomic E-state index is 0.0396. The van der Waals surface area contributed by atoms with E-state index >= 15 is 0 Å². The highest BCUT2D eigenvalue weighted by Gasteiger charge is 2.32. The number of sulfonamides is 1. The lowest BCUT2D eigenvalue weighted by atomic mass is 10.0. The van der Waals surface area contributed by atoms with Crippen molar-refractivity contribution in [2.75, 3.05) is 25.1 Å². The molecule has 0 saturated heterocycles. The predicted octanol–water partition coefficient (Wildman–Crippen LogP) is 0.765. The Kier molecular flexibility index (Phi) is 9.57. The quantitative estimate of drug-likeness (QED) is 0.326. The van der Waals surface area contributed by atoms with Crippen molar-refractivity contribution in [1.29, 1.82) is 0 Å². The third-order valence-electron chi connectivity index (χ3n) is 4.63. The number of carbonyl (C=O) groups is 4. The first-order valence-electron chi connectivity index (χ1n) is 10.6. The molecule has 3 amide bonds. The van der Waals surface area contributed by atoms with Crippen LogP contribution in [0, 0.1) is 0 Å². The molecule has 2 rings (SSSR count). The number of anilines is 1. The molecule has 1 aromatic carbocycles. The second-order valence-electron chi connectivity index (χ2n) is 7.19. The number of hydrogen-bond acceptors (Lipinski definition) is 8. The standard InChI is InChI=1S/C21H28N4O8S/c1-4-16-19(20(28)32-5-2)17(25-21(29)24-16)12-33-18(27)10-11-22-34(30,31)15-8-6-14(7-9-15)23-13(3)26/h6-9,16,22H,4-5,10-12H2,1-3H3,(H,23,26)(H2,24,25,29)/t16-/m1/s1. The molecule has 0 bridgehead atoms. The SMILES string of the molecule is CCOC(=O)C1=C(COC(=O)CCNS(=O)(=O)c2ccc(NC(C)=O)cc2)NC(=O)N[C@@H]1CC. The molecule has 0 unspecified atom stereocenters. The van der Waals surface area contributed by atoms with Crippen molar-refractivity contribution < 1.29 is 37.1 Å². The summed E-state index contributed by atoms with van der Waals surface area (Å²) in [5.41, 5.74) is 0.726. The summed E-state index contributed by atoms with van der Waals surface area (Å²) < 4.78 is 37.2. The predicted molar refractivity (Wildman–Crippen MR) is 121 cm³/mol. The lowest BCUT2D eigenvalue weighted by Crippen LogP contribution is -2.51. The van der Waals surface area contributed by atoms with Gasteiger partial charge in [-0.1, -0.05) is 6.92 Å². The first-order chi connectivity index (χ1) is 16.1. The first kappa shape index (κ1) is 26.8. The number of nitrogens with one attached hydrogen (secondary N) is 4. The second kappa shape index (κ2) is 12.1. The molecule has 0 aromatic heterocycles. The van der Waals surface area contributed by atoms with Crippen LogP contribution < -0.4 is 20.7 Å². The molecule has 1 heterocycles. The molecule has 0 saturated carbocycles. The molecule has 186 valence electrons. The third kappa shape index (κ3) is 7.56. The Labute approximate surface area is 197 Å². The van der Waals surface area contributed by atoms with Crippen LogP contribution in [0.2, 0.25) is 0 Å². The zero-order valence-corrected chi connectivity index (χ0v) is 19.9. The zero-order valence-electron chi connectivity index (χ0n) is 19.1. The van der Waals surface area contributed by atoms with Crippen LogP contribution in [0.3, 0.4) is 0 Å². The maximum absolute atomic E-state index is 12.4. The summed E-state index contributed by atoms with van der Waals surface area (Å²) in [6.07, 6.45) is 0.140. The van der Waals surface area contributed by atoms with Crippen LogP contribution in [-0.4, -0.2) is 58.1 Å². The fourth-order valence-corrected chi connectivity index (χ4v) is 4.12. The highest BCUT2D eigenvalue weighted by Crippen LogP contribution is 2.18. The van der Waals surface area contributed by atoms with Gasteiger partial charge in [0.15, 0.2) is 0 Å². The van der Waals surface area contributed by atoms with Crippen molar-refractivity contribution in [3.8, 4) is 0 Å². The molecule has 0 aliphatic carbocycles. The van der Waals surface area contributed by atoms with E-state index in [1.54, 1.807) is 13.8 Å². The Bertz CT molecular complexity index is 1070. The summed E-state index contributed by atoms with van der Waals surface area (Å²) in [6, 6.07) is 4.39. The van der Waals surface area contributed by atoms with Crippen molar-refractivity contribution in [3.63, 3.8) is 0 Å². The highest BCUT2D eigenvalue weighted by atomic mass is 32.2. The molecule has 0 radical (unpaired) electrons. The molecule has 4 N–H and O–H groups in total.